The predicted octanol–water partition coefficient (Wildman–Crippen LogP) is 3.64. The van der Waals surface area contributed by atoms with Gasteiger partial charge in [0.25, 0.3) is 0 Å². The Morgan fingerprint density at radius 3 is 2.25 bits per heavy atom. The Bertz CT molecular complexity index is 479. The van der Waals surface area contributed by atoms with E-state index in [1.165, 1.54) is 12.0 Å². The van der Waals surface area contributed by atoms with Crippen LogP contribution in [0, 0.1) is 20.8 Å². The molecular formula is C17H25NO2. The van der Waals surface area contributed by atoms with E-state index in [4.69, 9.17) is 0 Å². The molecule has 0 atom stereocenters. The molecule has 0 radical (unpaired) electrons. The van der Waals surface area contributed by atoms with Crippen molar-refractivity contribution < 1.29 is 9.90 Å². The lowest BCUT2D eigenvalue weighted by Gasteiger charge is -2.31. The van der Waals surface area contributed by atoms with Crippen molar-refractivity contribution in [2.24, 2.45) is 0 Å². The molecule has 1 aromatic carbocycles. The Hall–Kier alpha value is -1.35. The summed E-state index contributed by atoms with van der Waals surface area (Å²) in [5.41, 5.74) is 3.44. The third-order valence-electron chi connectivity index (χ3n) is 4.22. The molecule has 3 heteroatoms. The zero-order valence-corrected chi connectivity index (χ0v) is 12.8. The SMILES string of the molecule is Cc1cc(C)c(NC(=O)CC2(O)CCCCC2)c(C)c1. The smallest absolute Gasteiger partial charge is 0.227 e. The van der Waals surface area contributed by atoms with E-state index in [9.17, 15) is 9.90 Å². The lowest BCUT2D eigenvalue weighted by molar-refractivity contribution is -0.122. The number of carbonyl (C=O) groups excluding carboxylic acids is 1. The second-order valence-corrected chi connectivity index (χ2v) is 6.28. The van der Waals surface area contributed by atoms with Crippen LogP contribution in [0.1, 0.15) is 55.2 Å². The van der Waals surface area contributed by atoms with Gasteiger partial charge in [-0.1, -0.05) is 37.0 Å². The van der Waals surface area contributed by atoms with E-state index >= 15 is 0 Å². The Kier molecular flexibility index (Phi) is 4.48. The number of carbonyl (C=O) groups is 1. The largest absolute Gasteiger partial charge is 0.389 e. The number of anilines is 1. The standard InChI is InChI=1S/C17H25NO2/c1-12-9-13(2)16(14(3)10-12)18-15(19)11-17(20)7-5-4-6-8-17/h9-10,20H,4-8,11H2,1-3H3,(H,18,19). The fourth-order valence-corrected chi connectivity index (χ4v) is 3.25. The van der Waals surface area contributed by atoms with Crippen molar-refractivity contribution in [3.8, 4) is 0 Å². The van der Waals surface area contributed by atoms with Gasteiger partial charge < -0.3 is 10.4 Å². The Labute approximate surface area is 121 Å². The van der Waals surface area contributed by atoms with E-state index in [0.717, 1.165) is 42.5 Å². The summed E-state index contributed by atoms with van der Waals surface area (Å²) in [5.74, 6) is -0.0792. The molecule has 0 saturated heterocycles. The molecule has 20 heavy (non-hydrogen) atoms. The fraction of sp³-hybridized carbons (Fsp3) is 0.588. The molecule has 2 rings (SSSR count). The maximum Gasteiger partial charge on any atom is 0.227 e. The van der Waals surface area contributed by atoms with Crippen LogP contribution in [0.5, 0.6) is 0 Å². The Balaban J connectivity index is 2.05. The summed E-state index contributed by atoms with van der Waals surface area (Å²) >= 11 is 0. The Morgan fingerprint density at radius 2 is 1.70 bits per heavy atom. The van der Waals surface area contributed by atoms with Crippen LogP contribution in [0.4, 0.5) is 5.69 Å². The molecule has 3 nitrogen and oxygen atoms in total. The highest BCUT2D eigenvalue weighted by Gasteiger charge is 2.31. The third kappa shape index (κ3) is 3.60. The summed E-state index contributed by atoms with van der Waals surface area (Å²) in [6.45, 7) is 6.06. The average Bonchev–Trinajstić information content (AvgIpc) is 2.34. The molecule has 1 aliphatic rings. The van der Waals surface area contributed by atoms with E-state index in [1.54, 1.807) is 0 Å². The first-order chi connectivity index (χ1) is 9.39. The van der Waals surface area contributed by atoms with E-state index in [2.05, 4.69) is 24.4 Å². The summed E-state index contributed by atoms with van der Waals surface area (Å²) in [6, 6.07) is 4.13. The maximum atomic E-state index is 12.2. The molecule has 1 amide bonds. The first kappa shape index (κ1) is 15.0. The third-order valence-corrected chi connectivity index (χ3v) is 4.22. The fourth-order valence-electron chi connectivity index (χ4n) is 3.25. The molecule has 1 aromatic rings. The van der Waals surface area contributed by atoms with Gasteiger partial charge >= 0.3 is 0 Å². The molecule has 0 heterocycles. The Morgan fingerprint density at radius 1 is 1.15 bits per heavy atom. The van der Waals surface area contributed by atoms with Gasteiger partial charge in [-0.15, -0.1) is 0 Å². The van der Waals surface area contributed by atoms with Crippen LogP contribution in [0.15, 0.2) is 12.1 Å². The number of rotatable bonds is 3. The minimum absolute atomic E-state index is 0.0792. The zero-order valence-electron chi connectivity index (χ0n) is 12.8. The number of nitrogens with one attached hydrogen (secondary N) is 1. The van der Waals surface area contributed by atoms with Crippen LogP contribution in [0.2, 0.25) is 0 Å². The minimum atomic E-state index is -0.797. The van der Waals surface area contributed by atoms with Crippen LogP contribution in [0.25, 0.3) is 0 Å². The number of benzene rings is 1. The van der Waals surface area contributed by atoms with Gasteiger partial charge in [0.05, 0.1) is 12.0 Å². The van der Waals surface area contributed by atoms with Crippen molar-refractivity contribution in [2.75, 3.05) is 5.32 Å². The maximum absolute atomic E-state index is 12.2. The van der Waals surface area contributed by atoms with Crippen LogP contribution >= 0.6 is 0 Å². The van der Waals surface area contributed by atoms with Gasteiger partial charge in [0.2, 0.25) is 5.91 Å². The second kappa shape index (κ2) is 5.96. The minimum Gasteiger partial charge on any atom is -0.389 e. The summed E-state index contributed by atoms with van der Waals surface area (Å²) in [5, 5.41) is 13.4. The van der Waals surface area contributed by atoms with E-state index in [1.807, 2.05) is 13.8 Å². The van der Waals surface area contributed by atoms with Gasteiger partial charge in [-0.25, -0.2) is 0 Å². The molecule has 0 unspecified atom stereocenters. The molecule has 0 spiro atoms. The normalized spacial score (nSPS) is 17.8. The van der Waals surface area contributed by atoms with Gasteiger partial charge in [0.1, 0.15) is 0 Å². The van der Waals surface area contributed by atoms with Gasteiger partial charge in [-0.05, 0) is 44.7 Å². The molecule has 110 valence electrons. The summed E-state index contributed by atoms with van der Waals surface area (Å²) in [7, 11) is 0. The first-order valence-corrected chi connectivity index (χ1v) is 7.50. The predicted molar refractivity (Wildman–Crippen MR) is 81.9 cm³/mol. The molecule has 1 aliphatic carbocycles. The summed E-state index contributed by atoms with van der Waals surface area (Å²) < 4.78 is 0. The van der Waals surface area contributed by atoms with Crippen molar-refractivity contribution in [1.82, 2.24) is 0 Å². The molecule has 2 N–H and O–H groups in total. The summed E-state index contributed by atoms with van der Waals surface area (Å²) in [4.78, 5) is 12.2. The lowest BCUT2D eigenvalue weighted by Crippen LogP contribution is -2.36. The molecule has 1 saturated carbocycles. The van der Waals surface area contributed by atoms with Gasteiger partial charge in [0.15, 0.2) is 0 Å². The number of aryl methyl sites for hydroxylation is 3. The highest BCUT2D eigenvalue weighted by Crippen LogP contribution is 2.31. The lowest BCUT2D eigenvalue weighted by atomic mass is 9.82. The zero-order chi connectivity index (χ0) is 14.8. The van der Waals surface area contributed by atoms with E-state index in [0.29, 0.717) is 0 Å². The topological polar surface area (TPSA) is 49.3 Å². The number of hydrogen-bond donors (Lipinski definition) is 2. The van der Waals surface area contributed by atoms with Crippen molar-refractivity contribution >= 4 is 11.6 Å². The van der Waals surface area contributed by atoms with Crippen molar-refractivity contribution in [3.05, 3.63) is 28.8 Å². The van der Waals surface area contributed by atoms with Crippen LogP contribution in [-0.2, 0) is 4.79 Å². The monoisotopic (exact) mass is 275 g/mol. The second-order valence-electron chi connectivity index (χ2n) is 6.28. The van der Waals surface area contributed by atoms with Gasteiger partial charge in [0, 0.05) is 5.69 Å². The quantitative estimate of drug-likeness (QED) is 0.885. The van der Waals surface area contributed by atoms with Crippen LogP contribution in [0.3, 0.4) is 0 Å². The van der Waals surface area contributed by atoms with Crippen LogP contribution < -0.4 is 5.32 Å². The number of aliphatic hydroxyl groups is 1. The number of hydrogen-bond acceptors (Lipinski definition) is 2. The molecule has 0 aliphatic heterocycles. The summed E-state index contributed by atoms with van der Waals surface area (Å²) in [6.07, 6.45) is 4.90. The number of amides is 1. The molecular weight excluding hydrogens is 250 g/mol. The highest BCUT2D eigenvalue weighted by atomic mass is 16.3. The average molecular weight is 275 g/mol. The van der Waals surface area contributed by atoms with E-state index < -0.39 is 5.60 Å². The van der Waals surface area contributed by atoms with Crippen molar-refractivity contribution in [3.63, 3.8) is 0 Å². The molecule has 1 fully saturated rings. The first-order valence-electron chi connectivity index (χ1n) is 7.50. The van der Waals surface area contributed by atoms with Crippen LogP contribution in [-0.4, -0.2) is 16.6 Å². The van der Waals surface area contributed by atoms with E-state index in [-0.39, 0.29) is 12.3 Å². The molecule has 0 bridgehead atoms. The van der Waals surface area contributed by atoms with Crippen molar-refractivity contribution in [2.45, 2.75) is 64.9 Å². The highest BCUT2D eigenvalue weighted by molar-refractivity contribution is 5.93. The van der Waals surface area contributed by atoms with Crippen molar-refractivity contribution in [1.29, 1.82) is 0 Å². The molecule has 0 aromatic heterocycles. The van der Waals surface area contributed by atoms with Gasteiger partial charge in [-0.3, -0.25) is 4.79 Å². The van der Waals surface area contributed by atoms with Gasteiger partial charge in [-0.2, -0.15) is 0 Å².